The molecule has 3 rings (SSSR count). The van der Waals surface area contributed by atoms with Crippen LogP contribution in [0.3, 0.4) is 0 Å². The first kappa shape index (κ1) is 18.5. The van der Waals surface area contributed by atoms with Gasteiger partial charge in [0.15, 0.2) is 5.76 Å². The van der Waals surface area contributed by atoms with E-state index in [1.165, 1.54) is 12.3 Å². The third-order valence-corrected chi connectivity index (χ3v) is 4.04. The number of benzene rings is 2. The number of rotatable bonds is 5. The van der Waals surface area contributed by atoms with Crippen molar-refractivity contribution in [1.29, 1.82) is 0 Å². The average Bonchev–Trinajstić information content (AvgIpc) is 3.19. The molecule has 5 nitrogen and oxygen atoms in total. The summed E-state index contributed by atoms with van der Waals surface area (Å²) in [7, 11) is 0. The van der Waals surface area contributed by atoms with Gasteiger partial charge in [-0.15, -0.1) is 0 Å². The van der Waals surface area contributed by atoms with Gasteiger partial charge in [-0.05, 0) is 48.4 Å². The molecule has 0 atom stereocenters. The van der Waals surface area contributed by atoms with Crippen molar-refractivity contribution in [3.8, 4) is 0 Å². The molecule has 1 aromatic heterocycles. The minimum atomic E-state index is -0.436. The summed E-state index contributed by atoms with van der Waals surface area (Å²) in [6.45, 7) is 1.86. The van der Waals surface area contributed by atoms with E-state index >= 15 is 0 Å². The van der Waals surface area contributed by atoms with E-state index in [-0.39, 0.29) is 11.7 Å². The Hall–Kier alpha value is -3.31. The number of hydrogen-bond acceptors (Lipinski definition) is 3. The average molecular weight is 381 g/mol. The van der Waals surface area contributed by atoms with Crippen molar-refractivity contribution in [3.05, 3.63) is 89.3 Å². The number of anilines is 2. The highest BCUT2D eigenvalue weighted by Crippen LogP contribution is 2.27. The van der Waals surface area contributed by atoms with E-state index in [0.29, 0.717) is 16.4 Å². The monoisotopic (exact) mass is 380 g/mol. The van der Waals surface area contributed by atoms with E-state index in [9.17, 15) is 9.59 Å². The number of halogens is 1. The van der Waals surface area contributed by atoms with Gasteiger partial charge in [0.2, 0.25) is 5.91 Å². The van der Waals surface area contributed by atoms with E-state index in [1.807, 2.05) is 37.3 Å². The molecule has 0 aliphatic rings. The highest BCUT2D eigenvalue weighted by Gasteiger charge is 2.13. The normalized spacial score (nSPS) is 11.1. The second-order valence-electron chi connectivity index (χ2n) is 5.80. The Morgan fingerprint density at radius 1 is 0.963 bits per heavy atom. The van der Waals surface area contributed by atoms with Gasteiger partial charge in [0.1, 0.15) is 0 Å². The van der Waals surface area contributed by atoms with Crippen LogP contribution < -0.4 is 10.6 Å². The zero-order valence-electron chi connectivity index (χ0n) is 14.5. The molecule has 0 unspecified atom stereocenters. The Morgan fingerprint density at radius 2 is 1.74 bits per heavy atom. The van der Waals surface area contributed by atoms with Crippen LogP contribution in [0, 0.1) is 0 Å². The highest BCUT2D eigenvalue weighted by atomic mass is 35.5. The van der Waals surface area contributed by atoms with Crippen molar-refractivity contribution in [2.24, 2.45) is 0 Å². The second-order valence-corrected chi connectivity index (χ2v) is 6.24. The lowest BCUT2D eigenvalue weighted by Crippen LogP contribution is -2.15. The van der Waals surface area contributed by atoms with E-state index < -0.39 is 5.91 Å². The molecule has 2 amide bonds. The van der Waals surface area contributed by atoms with Gasteiger partial charge in [-0.2, -0.15) is 0 Å². The first-order valence-corrected chi connectivity index (χ1v) is 8.60. The third kappa shape index (κ3) is 4.86. The molecule has 0 aliphatic carbocycles. The van der Waals surface area contributed by atoms with Gasteiger partial charge in [-0.25, -0.2) is 0 Å². The third-order valence-electron chi connectivity index (χ3n) is 3.81. The summed E-state index contributed by atoms with van der Waals surface area (Å²) in [5.41, 5.74) is 2.59. The highest BCUT2D eigenvalue weighted by molar-refractivity contribution is 6.31. The quantitative estimate of drug-likeness (QED) is 0.595. The molecule has 0 spiro atoms. The van der Waals surface area contributed by atoms with Crippen molar-refractivity contribution >= 4 is 40.4 Å². The Morgan fingerprint density at radius 3 is 2.44 bits per heavy atom. The van der Waals surface area contributed by atoms with Crippen LogP contribution in [-0.2, 0) is 4.79 Å². The summed E-state index contributed by atoms with van der Waals surface area (Å²) in [4.78, 5) is 24.6. The SMILES string of the molecule is C/C(=C\C(=O)Nc1ccc(Cl)cc1NC(=O)c1ccco1)c1ccccc1. The summed E-state index contributed by atoms with van der Waals surface area (Å²) in [6, 6.07) is 17.6. The van der Waals surface area contributed by atoms with Crippen molar-refractivity contribution in [2.45, 2.75) is 6.92 Å². The number of carbonyl (C=O) groups excluding carboxylic acids is 2. The predicted octanol–water partition coefficient (Wildman–Crippen LogP) is 5.23. The number of carbonyl (C=O) groups is 2. The maximum Gasteiger partial charge on any atom is 0.291 e. The Bertz CT molecular complexity index is 980. The fraction of sp³-hybridized carbons (Fsp3) is 0.0476. The van der Waals surface area contributed by atoms with E-state index in [1.54, 1.807) is 30.3 Å². The molecule has 0 fully saturated rings. The van der Waals surface area contributed by atoms with Crippen molar-refractivity contribution in [1.82, 2.24) is 0 Å². The minimum Gasteiger partial charge on any atom is -0.459 e. The molecule has 6 heteroatoms. The summed E-state index contributed by atoms with van der Waals surface area (Å²) >= 11 is 6.03. The smallest absolute Gasteiger partial charge is 0.291 e. The van der Waals surface area contributed by atoms with Crippen LogP contribution in [0.15, 0.2) is 77.4 Å². The molecule has 0 bridgehead atoms. The molecule has 2 aromatic carbocycles. The summed E-state index contributed by atoms with van der Waals surface area (Å²) in [6.07, 6.45) is 2.91. The van der Waals surface area contributed by atoms with Gasteiger partial charge in [-0.3, -0.25) is 9.59 Å². The number of allylic oxidation sites excluding steroid dienone is 1. The van der Waals surface area contributed by atoms with Crippen LogP contribution in [0.5, 0.6) is 0 Å². The second kappa shape index (κ2) is 8.38. The van der Waals surface area contributed by atoms with Crippen LogP contribution in [0.1, 0.15) is 23.0 Å². The first-order chi connectivity index (χ1) is 13.0. The van der Waals surface area contributed by atoms with Gasteiger partial charge in [0, 0.05) is 11.1 Å². The van der Waals surface area contributed by atoms with Crippen molar-refractivity contribution in [3.63, 3.8) is 0 Å². The van der Waals surface area contributed by atoms with Crippen LogP contribution in [-0.4, -0.2) is 11.8 Å². The van der Waals surface area contributed by atoms with Crippen LogP contribution >= 0.6 is 11.6 Å². The van der Waals surface area contributed by atoms with Gasteiger partial charge >= 0.3 is 0 Å². The lowest BCUT2D eigenvalue weighted by molar-refractivity contribution is -0.111. The number of furan rings is 1. The molecule has 136 valence electrons. The lowest BCUT2D eigenvalue weighted by Gasteiger charge is -2.12. The molecule has 0 saturated carbocycles. The maximum atomic E-state index is 12.4. The fourth-order valence-corrected chi connectivity index (χ4v) is 2.64. The molecule has 2 N–H and O–H groups in total. The molecule has 0 saturated heterocycles. The molecule has 3 aromatic rings. The van der Waals surface area contributed by atoms with Crippen LogP contribution in [0.2, 0.25) is 5.02 Å². The van der Waals surface area contributed by atoms with Gasteiger partial charge in [0.25, 0.3) is 5.91 Å². The van der Waals surface area contributed by atoms with Crippen LogP contribution in [0.4, 0.5) is 11.4 Å². The van der Waals surface area contributed by atoms with E-state index in [2.05, 4.69) is 10.6 Å². The van der Waals surface area contributed by atoms with Gasteiger partial charge in [-0.1, -0.05) is 41.9 Å². The summed E-state index contributed by atoms with van der Waals surface area (Å²) < 4.78 is 5.08. The van der Waals surface area contributed by atoms with Crippen molar-refractivity contribution < 1.29 is 14.0 Å². The first-order valence-electron chi connectivity index (χ1n) is 8.22. The Labute approximate surface area is 161 Å². The zero-order chi connectivity index (χ0) is 19.2. The van der Waals surface area contributed by atoms with Crippen molar-refractivity contribution in [2.75, 3.05) is 10.6 Å². The molecule has 0 aliphatic heterocycles. The molecule has 1 heterocycles. The van der Waals surface area contributed by atoms with Crippen LogP contribution in [0.25, 0.3) is 5.57 Å². The predicted molar refractivity (Wildman–Crippen MR) is 107 cm³/mol. The fourth-order valence-electron chi connectivity index (χ4n) is 2.47. The summed E-state index contributed by atoms with van der Waals surface area (Å²) in [5.74, 6) is -0.590. The minimum absolute atomic E-state index is 0.159. The largest absolute Gasteiger partial charge is 0.459 e. The number of hydrogen-bond donors (Lipinski definition) is 2. The van der Waals surface area contributed by atoms with E-state index in [0.717, 1.165) is 11.1 Å². The summed E-state index contributed by atoms with van der Waals surface area (Å²) in [5, 5.41) is 5.89. The Kier molecular flexibility index (Phi) is 5.74. The lowest BCUT2D eigenvalue weighted by atomic mass is 10.1. The maximum absolute atomic E-state index is 12.4. The zero-order valence-corrected chi connectivity index (χ0v) is 15.3. The number of amides is 2. The molecule has 27 heavy (non-hydrogen) atoms. The van der Waals surface area contributed by atoms with E-state index in [4.69, 9.17) is 16.0 Å². The molecular weight excluding hydrogens is 364 g/mol. The molecular formula is C21H17ClN2O3. The number of nitrogens with one attached hydrogen (secondary N) is 2. The molecule has 0 radical (unpaired) electrons. The Balaban J connectivity index is 1.78. The topological polar surface area (TPSA) is 71.3 Å². The standard InChI is InChI=1S/C21H17ClN2O3/c1-14(15-6-3-2-4-7-15)12-20(25)23-17-10-9-16(22)13-18(17)24-21(26)19-8-5-11-27-19/h2-13H,1H3,(H,23,25)(H,24,26)/b14-12+. The van der Waals surface area contributed by atoms with Gasteiger partial charge in [0.05, 0.1) is 17.6 Å². The van der Waals surface area contributed by atoms with Gasteiger partial charge < -0.3 is 15.1 Å².